The molecule has 1 aromatic heterocycles. The van der Waals surface area contributed by atoms with E-state index in [1.54, 1.807) is 0 Å². The van der Waals surface area contributed by atoms with E-state index in [0.29, 0.717) is 0 Å². The van der Waals surface area contributed by atoms with E-state index in [4.69, 9.17) is 17.4 Å². The molecule has 11 aromatic rings. The van der Waals surface area contributed by atoms with Crippen molar-refractivity contribution in [2.75, 3.05) is 0 Å². The van der Waals surface area contributed by atoms with E-state index in [-0.39, 0.29) is 0 Å². The highest BCUT2D eigenvalue weighted by Gasteiger charge is 2.41. The maximum atomic E-state index is 6.84. The van der Waals surface area contributed by atoms with Gasteiger partial charge in [-0.05, 0) is 120 Å². The molecule has 0 saturated carbocycles. The van der Waals surface area contributed by atoms with Crippen molar-refractivity contribution in [2.24, 2.45) is 0 Å². The van der Waals surface area contributed by atoms with Crippen molar-refractivity contribution in [1.82, 2.24) is 4.57 Å². The molecule has 12 rings (SSSR count). The second-order valence-electron chi connectivity index (χ2n) is 16.8. The van der Waals surface area contributed by atoms with Crippen molar-refractivity contribution >= 4 is 81.5 Å². The molecular weight excluding hydrogens is 822 g/mol. The third kappa shape index (κ3) is 6.66. The number of aromatic nitrogens is 1. The van der Waals surface area contributed by atoms with Gasteiger partial charge in [0, 0.05) is 21.4 Å². The maximum absolute atomic E-state index is 6.84. The van der Waals surface area contributed by atoms with Gasteiger partial charge < -0.3 is 9.30 Å². The van der Waals surface area contributed by atoms with Crippen LogP contribution in [0.5, 0.6) is 11.5 Å². The Morgan fingerprint density at radius 2 is 0.908 bits per heavy atom. The summed E-state index contributed by atoms with van der Waals surface area (Å²) in [7, 11) is -0.510. The van der Waals surface area contributed by atoms with Crippen molar-refractivity contribution in [3.8, 4) is 50.6 Å². The lowest BCUT2D eigenvalue weighted by Crippen LogP contribution is -2.74. The highest BCUT2D eigenvalue weighted by atomic mass is 32.1. The summed E-state index contributed by atoms with van der Waals surface area (Å²) >= 11 is 5.19. The molecule has 0 fully saturated rings. The first-order valence-electron chi connectivity index (χ1n) is 22.1. The molecule has 2 heterocycles. The van der Waals surface area contributed by atoms with E-state index >= 15 is 0 Å². The molecule has 1 radical (unpaired) electrons. The van der Waals surface area contributed by atoms with Crippen LogP contribution in [0.3, 0.4) is 0 Å². The molecule has 1 aliphatic rings. The van der Waals surface area contributed by atoms with Gasteiger partial charge in [-0.25, -0.2) is 0 Å². The minimum atomic E-state index is -2.78. The molecule has 0 atom stereocenters. The van der Waals surface area contributed by atoms with Crippen LogP contribution < -0.4 is 36.4 Å². The molecule has 0 aliphatic carbocycles. The Balaban J connectivity index is 1.03. The van der Waals surface area contributed by atoms with E-state index in [0.717, 1.165) is 66.4 Å². The highest BCUT2D eigenvalue weighted by Crippen LogP contribution is 2.39. The van der Waals surface area contributed by atoms with Crippen LogP contribution in [0.15, 0.2) is 248 Å². The number of fused-ring (bicyclic) bond motifs is 5. The van der Waals surface area contributed by atoms with E-state index in [2.05, 4.69) is 248 Å². The van der Waals surface area contributed by atoms with E-state index in [9.17, 15) is 0 Å². The fraction of sp³-hybridized carbons (Fsp3) is 0. The average Bonchev–Trinajstić information content (AvgIpc) is 3.71. The van der Waals surface area contributed by atoms with Gasteiger partial charge in [0.1, 0.15) is 11.5 Å². The van der Waals surface area contributed by atoms with E-state index in [1.807, 2.05) is 6.07 Å². The summed E-state index contributed by atoms with van der Waals surface area (Å²) < 4.78 is 9.22. The SMILES string of the molecule is Sc1ccc(-c2cccc(-n3c4ccccc4c4ccccc43)c2)cc1-c1cc(-c2cccc([Si](c3ccccc3)(c3ccccc3)c3ccccc3)c2)cc2c1[B]c1ccccc1O2. The van der Waals surface area contributed by atoms with Crippen molar-refractivity contribution < 1.29 is 4.74 Å². The third-order valence-corrected chi connectivity index (χ3v) is 18.3. The molecule has 0 bridgehead atoms. The van der Waals surface area contributed by atoms with E-state index < -0.39 is 8.07 Å². The molecule has 2 nitrogen and oxygen atoms in total. The molecule has 0 amide bonds. The Labute approximate surface area is 386 Å². The molecular formula is C60H41BNOSSi. The van der Waals surface area contributed by atoms with Crippen molar-refractivity contribution in [2.45, 2.75) is 4.90 Å². The maximum Gasteiger partial charge on any atom is 0.202 e. The number of hydrogen-bond acceptors (Lipinski definition) is 2. The third-order valence-electron chi connectivity index (χ3n) is 13.1. The quantitative estimate of drug-likeness (QED) is 0.0913. The monoisotopic (exact) mass is 862 g/mol. The predicted molar refractivity (Wildman–Crippen MR) is 279 cm³/mol. The molecule has 5 heteroatoms. The zero-order valence-corrected chi connectivity index (χ0v) is 37.4. The lowest BCUT2D eigenvalue weighted by molar-refractivity contribution is 0.488. The Morgan fingerprint density at radius 1 is 0.385 bits per heavy atom. The summed E-state index contributed by atoms with van der Waals surface area (Å²) in [5.41, 5.74) is 12.2. The summed E-state index contributed by atoms with van der Waals surface area (Å²) in [6.07, 6.45) is 0. The minimum Gasteiger partial charge on any atom is -0.458 e. The van der Waals surface area contributed by atoms with Crippen LogP contribution in [0, 0.1) is 0 Å². The van der Waals surface area contributed by atoms with Crippen molar-refractivity contribution in [3.63, 3.8) is 0 Å². The van der Waals surface area contributed by atoms with Gasteiger partial charge in [-0.1, -0.05) is 188 Å². The van der Waals surface area contributed by atoms with Crippen LogP contribution in [0.4, 0.5) is 0 Å². The summed E-state index contributed by atoms with van der Waals surface area (Å²) in [5, 5.41) is 7.84. The fourth-order valence-electron chi connectivity index (χ4n) is 10.2. The molecule has 0 spiro atoms. The zero-order chi connectivity index (χ0) is 43.3. The first-order valence-corrected chi connectivity index (χ1v) is 24.6. The second-order valence-corrected chi connectivity index (χ2v) is 21.1. The largest absolute Gasteiger partial charge is 0.458 e. The predicted octanol–water partition coefficient (Wildman–Crippen LogP) is 11.2. The number of ether oxygens (including phenoxy) is 1. The molecule has 65 heavy (non-hydrogen) atoms. The standard InChI is InChI=1S/C60H41BNOSSi/c64-59-35-34-43(41-18-16-20-45(36-41)62-55-31-13-10-28-50(55)51-29-11-14-32-56(51)62)38-52(59)53-39-44(40-58-60(53)61-54-30-12-15-33-57(54)63-58)42-19-17-27-49(37-42)65(46-21-4-1-5-22-46,47-23-6-2-7-24-47)48-25-8-3-9-26-48/h1-40,64H. The fourth-order valence-corrected chi connectivity index (χ4v) is 15.2. The van der Waals surface area contributed by atoms with Gasteiger partial charge in [0.15, 0.2) is 8.07 Å². The van der Waals surface area contributed by atoms with Gasteiger partial charge in [0.2, 0.25) is 7.28 Å². The first-order chi connectivity index (χ1) is 32.1. The number of rotatable bonds is 8. The van der Waals surface area contributed by atoms with Crippen molar-refractivity contribution in [1.29, 1.82) is 0 Å². The average molecular weight is 863 g/mol. The molecule has 305 valence electrons. The smallest absolute Gasteiger partial charge is 0.202 e. The van der Waals surface area contributed by atoms with Crippen molar-refractivity contribution in [3.05, 3.63) is 243 Å². The molecule has 10 aromatic carbocycles. The molecule has 0 unspecified atom stereocenters. The van der Waals surface area contributed by atoms with Crippen LogP contribution in [-0.4, -0.2) is 19.9 Å². The summed E-state index contributed by atoms with van der Waals surface area (Å²) in [6, 6.07) is 88.3. The second kappa shape index (κ2) is 16.2. The van der Waals surface area contributed by atoms with Gasteiger partial charge in [0.25, 0.3) is 0 Å². The first kappa shape index (κ1) is 39.1. The summed E-state index contributed by atoms with van der Waals surface area (Å²) in [6.45, 7) is 0. The molecule has 0 saturated heterocycles. The Kier molecular flexibility index (Phi) is 9.74. The number of nitrogens with zero attached hydrogens (tertiary/aromatic N) is 1. The Hall–Kier alpha value is -7.57. The number of hydrogen-bond donors (Lipinski definition) is 1. The number of benzene rings is 10. The van der Waals surface area contributed by atoms with Gasteiger partial charge in [-0.3, -0.25) is 0 Å². The summed E-state index contributed by atoms with van der Waals surface area (Å²) in [4.78, 5) is 0.899. The minimum absolute atomic E-state index is 0.825. The number of thiol groups is 1. The lowest BCUT2D eigenvalue weighted by Gasteiger charge is -2.34. The summed E-state index contributed by atoms with van der Waals surface area (Å²) in [5.74, 6) is 1.67. The topological polar surface area (TPSA) is 14.2 Å². The number of para-hydroxylation sites is 3. The van der Waals surface area contributed by atoms with Crippen LogP contribution in [0.1, 0.15) is 0 Å². The molecule has 1 aliphatic heterocycles. The van der Waals surface area contributed by atoms with Crippen LogP contribution in [-0.2, 0) is 0 Å². The Morgan fingerprint density at radius 3 is 1.57 bits per heavy atom. The van der Waals surface area contributed by atoms with Gasteiger partial charge in [0.05, 0.1) is 11.0 Å². The Bertz CT molecular complexity index is 3420. The van der Waals surface area contributed by atoms with Crippen LogP contribution >= 0.6 is 12.6 Å². The van der Waals surface area contributed by atoms with Gasteiger partial charge in [-0.15, -0.1) is 12.6 Å². The van der Waals surface area contributed by atoms with E-state index in [1.165, 1.54) is 42.6 Å². The highest BCUT2D eigenvalue weighted by molar-refractivity contribution is 7.80. The van der Waals surface area contributed by atoms with Crippen LogP contribution in [0.25, 0.3) is 60.9 Å². The van der Waals surface area contributed by atoms with Gasteiger partial charge >= 0.3 is 0 Å². The van der Waals surface area contributed by atoms with Crippen LogP contribution in [0.2, 0.25) is 0 Å². The molecule has 0 N–H and O–H groups in total. The normalized spacial score (nSPS) is 12.0. The lowest BCUT2D eigenvalue weighted by atomic mass is 9.59. The zero-order valence-electron chi connectivity index (χ0n) is 35.5. The van der Waals surface area contributed by atoms with Gasteiger partial charge in [-0.2, -0.15) is 0 Å².